The largest absolute Gasteiger partial charge is 0.444 e. The zero-order valence-corrected chi connectivity index (χ0v) is 12.9. The molecule has 1 fully saturated rings. The van der Waals surface area contributed by atoms with E-state index in [0.29, 0.717) is 19.6 Å². The molecule has 1 atom stereocenters. The van der Waals surface area contributed by atoms with Crippen molar-refractivity contribution in [2.75, 3.05) is 32.7 Å². The van der Waals surface area contributed by atoms with Crippen molar-refractivity contribution in [2.24, 2.45) is 0 Å². The Labute approximate surface area is 116 Å². The van der Waals surface area contributed by atoms with Gasteiger partial charge in [-0.25, -0.2) is 4.79 Å². The minimum Gasteiger partial charge on any atom is -0.444 e. The van der Waals surface area contributed by atoms with Gasteiger partial charge in [-0.2, -0.15) is 0 Å². The Hall–Kier alpha value is -0.810. The summed E-state index contributed by atoms with van der Waals surface area (Å²) in [5.41, 5.74) is -1.09. The van der Waals surface area contributed by atoms with Gasteiger partial charge < -0.3 is 14.7 Å². The zero-order valence-electron chi connectivity index (χ0n) is 12.9. The molecular formula is C14H28N2O3. The topological polar surface area (TPSA) is 53.0 Å². The normalized spacial score (nSPS) is 21.1. The maximum absolute atomic E-state index is 11.9. The van der Waals surface area contributed by atoms with E-state index in [1.54, 1.807) is 4.90 Å². The van der Waals surface area contributed by atoms with Crippen molar-refractivity contribution in [2.45, 2.75) is 52.2 Å². The third kappa shape index (κ3) is 5.78. The molecule has 1 amide bonds. The second-order valence-electron chi connectivity index (χ2n) is 6.59. The van der Waals surface area contributed by atoms with Gasteiger partial charge in [-0.3, -0.25) is 4.90 Å². The second-order valence-corrected chi connectivity index (χ2v) is 6.59. The molecule has 1 aliphatic heterocycles. The molecule has 112 valence electrons. The van der Waals surface area contributed by atoms with Crippen molar-refractivity contribution in [3.8, 4) is 0 Å². The molecule has 5 heteroatoms. The van der Waals surface area contributed by atoms with E-state index in [4.69, 9.17) is 4.74 Å². The quantitative estimate of drug-likeness (QED) is 0.849. The van der Waals surface area contributed by atoms with Gasteiger partial charge in [-0.05, 0) is 34.1 Å². The maximum Gasteiger partial charge on any atom is 0.410 e. The molecule has 0 spiro atoms. The van der Waals surface area contributed by atoms with E-state index in [1.807, 2.05) is 34.6 Å². The van der Waals surface area contributed by atoms with Crippen LogP contribution >= 0.6 is 0 Å². The highest BCUT2D eigenvalue weighted by Crippen LogP contribution is 2.15. The first-order valence-corrected chi connectivity index (χ1v) is 7.05. The van der Waals surface area contributed by atoms with Crippen molar-refractivity contribution in [1.82, 2.24) is 9.80 Å². The summed E-state index contributed by atoms with van der Waals surface area (Å²) in [4.78, 5) is 15.8. The van der Waals surface area contributed by atoms with Crippen LogP contribution in [0.25, 0.3) is 0 Å². The van der Waals surface area contributed by atoms with E-state index in [-0.39, 0.29) is 6.09 Å². The van der Waals surface area contributed by atoms with Crippen LogP contribution in [0.3, 0.4) is 0 Å². The van der Waals surface area contributed by atoms with E-state index in [0.717, 1.165) is 19.5 Å². The number of hydrogen-bond donors (Lipinski definition) is 1. The predicted octanol–water partition coefficient (Wildman–Crippen LogP) is 1.70. The Morgan fingerprint density at radius 3 is 2.11 bits per heavy atom. The molecule has 19 heavy (non-hydrogen) atoms. The summed E-state index contributed by atoms with van der Waals surface area (Å²) in [5, 5.41) is 10.1. The first-order valence-electron chi connectivity index (χ1n) is 7.05. The van der Waals surface area contributed by atoms with Gasteiger partial charge in [0.15, 0.2) is 0 Å². The molecule has 1 aliphatic rings. The number of piperazine rings is 1. The monoisotopic (exact) mass is 272 g/mol. The van der Waals surface area contributed by atoms with E-state index >= 15 is 0 Å². The molecule has 1 unspecified atom stereocenters. The number of nitrogens with zero attached hydrogens (tertiary/aromatic N) is 2. The average Bonchev–Trinajstić information content (AvgIpc) is 2.27. The lowest BCUT2D eigenvalue weighted by Gasteiger charge is -2.38. The Morgan fingerprint density at radius 2 is 1.68 bits per heavy atom. The van der Waals surface area contributed by atoms with Crippen LogP contribution in [-0.4, -0.2) is 64.9 Å². The minimum atomic E-state index is -0.645. The van der Waals surface area contributed by atoms with Crippen LogP contribution in [0.2, 0.25) is 0 Å². The van der Waals surface area contributed by atoms with Crippen LogP contribution in [0, 0.1) is 0 Å². The lowest BCUT2D eigenvalue weighted by Crippen LogP contribution is -2.53. The number of hydrogen-bond acceptors (Lipinski definition) is 4. The Kier molecular flexibility index (Phi) is 5.21. The van der Waals surface area contributed by atoms with Gasteiger partial charge in [-0.1, -0.05) is 6.92 Å². The molecule has 1 saturated heterocycles. The number of amides is 1. The lowest BCUT2D eigenvalue weighted by molar-refractivity contribution is -0.00979. The third-order valence-electron chi connectivity index (χ3n) is 3.35. The fourth-order valence-corrected chi connectivity index (χ4v) is 2.01. The summed E-state index contributed by atoms with van der Waals surface area (Å²) in [5.74, 6) is 0. The highest BCUT2D eigenvalue weighted by Gasteiger charge is 2.28. The van der Waals surface area contributed by atoms with Gasteiger partial charge in [0.05, 0.1) is 5.60 Å². The fourth-order valence-electron chi connectivity index (χ4n) is 2.01. The molecule has 0 aromatic rings. The van der Waals surface area contributed by atoms with E-state index in [9.17, 15) is 9.90 Å². The molecule has 0 saturated carbocycles. The predicted molar refractivity (Wildman–Crippen MR) is 75.2 cm³/mol. The molecule has 0 aromatic carbocycles. The Bertz CT molecular complexity index is 302. The first kappa shape index (κ1) is 16.2. The molecule has 1 heterocycles. The van der Waals surface area contributed by atoms with Gasteiger partial charge in [-0.15, -0.1) is 0 Å². The lowest BCUT2D eigenvalue weighted by atomic mass is 10.0. The fraction of sp³-hybridized carbons (Fsp3) is 0.929. The molecule has 0 bridgehead atoms. The number of carbonyl (C=O) groups excluding carboxylic acids is 1. The number of carbonyl (C=O) groups is 1. The van der Waals surface area contributed by atoms with Gasteiger partial charge in [0, 0.05) is 32.7 Å². The maximum atomic E-state index is 11.9. The molecule has 0 aliphatic carbocycles. The SMILES string of the molecule is CCC(C)(O)CN1CCN(C(=O)OC(C)(C)C)CC1. The number of β-amino-alcohol motifs (C(OH)–C–C–N with tert-alkyl or cyclic N) is 1. The van der Waals surface area contributed by atoms with Gasteiger partial charge in [0.1, 0.15) is 5.60 Å². The van der Waals surface area contributed by atoms with Crippen LogP contribution in [0.1, 0.15) is 41.0 Å². The van der Waals surface area contributed by atoms with Gasteiger partial charge in [0.25, 0.3) is 0 Å². The smallest absolute Gasteiger partial charge is 0.410 e. The molecule has 0 aromatic heterocycles. The van der Waals surface area contributed by atoms with Gasteiger partial charge >= 0.3 is 6.09 Å². The number of aliphatic hydroxyl groups is 1. The van der Waals surface area contributed by atoms with Crippen LogP contribution < -0.4 is 0 Å². The number of ether oxygens (including phenoxy) is 1. The van der Waals surface area contributed by atoms with Crippen molar-refractivity contribution in [1.29, 1.82) is 0 Å². The average molecular weight is 272 g/mol. The summed E-state index contributed by atoms with van der Waals surface area (Å²) >= 11 is 0. The summed E-state index contributed by atoms with van der Waals surface area (Å²) in [6, 6.07) is 0. The van der Waals surface area contributed by atoms with Gasteiger partial charge in [0.2, 0.25) is 0 Å². The van der Waals surface area contributed by atoms with Crippen LogP contribution in [0.15, 0.2) is 0 Å². The third-order valence-corrected chi connectivity index (χ3v) is 3.35. The minimum absolute atomic E-state index is 0.241. The Morgan fingerprint density at radius 1 is 1.16 bits per heavy atom. The van der Waals surface area contributed by atoms with Crippen LogP contribution in [0.5, 0.6) is 0 Å². The molecule has 1 rings (SSSR count). The zero-order chi connectivity index (χ0) is 14.7. The highest BCUT2D eigenvalue weighted by molar-refractivity contribution is 5.68. The second kappa shape index (κ2) is 6.09. The standard InChI is InChI=1S/C14H28N2O3/c1-6-14(5,18)11-15-7-9-16(10-8-15)12(17)19-13(2,3)4/h18H,6-11H2,1-5H3. The summed E-state index contributed by atoms with van der Waals surface area (Å²) in [6.45, 7) is 13.0. The van der Waals surface area contributed by atoms with Crippen molar-refractivity contribution >= 4 is 6.09 Å². The van der Waals surface area contributed by atoms with Crippen LogP contribution in [0.4, 0.5) is 4.79 Å². The summed E-state index contributed by atoms with van der Waals surface area (Å²) < 4.78 is 5.35. The molecule has 0 radical (unpaired) electrons. The van der Waals surface area contributed by atoms with Crippen LogP contribution in [-0.2, 0) is 4.74 Å². The van der Waals surface area contributed by atoms with E-state index < -0.39 is 11.2 Å². The van der Waals surface area contributed by atoms with Crippen molar-refractivity contribution in [3.63, 3.8) is 0 Å². The van der Waals surface area contributed by atoms with Crippen molar-refractivity contribution < 1.29 is 14.6 Å². The number of rotatable bonds is 3. The molecular weight excluding hydrogens is 244 g/mol. The highest BCUT2D eigenvalue weighted by atomic mass is 16.6. The summed E-state index contributed by atoms with van der Waals surface area (Å²) in [7, 11) is 0. The molecule has 1 N–H and O–H groups in total. The van der Waals surface area contributed by atoms with E-state index in [2.05, 4.69) is 4.90 Å². The summed E-state index contributed by atoms with van der Waals surface area (Å²) in [6.07, 6.45) is 0.494. The van der Waals surface area contributed by atoms with E-state index in [1.165, 1.54) is 0 Å². The first-order chi connectivity index (χ1) is 8.63. The Balaban J connectivity index is 2.39. The molecule has 5 nitrogen and oxygen atoms in total. The van der Waals surface area contributed by atoms with Crippen molar-refractivity contribution in [3.05, 3.63) is 0 Å².